The summed E-state index contributed by atoms with van der Waals surface area (Å²) in [6.45, 7) is -2.39. The van der Waals surface area contributed by atoms with Gasteiger partial charge in [0.2, 0.25) is 0 Å². The number of carbonyl (C=O) groups is 1. The average Bonchev–Trinajstić information content (AvgIpc) is 2.55. The number of nitrogens with one attached hydrogen (secondary N) is 1. The van der Waals surface area contributed by atoms with E-state index in [1.807, 2.05) is 18.2 Å². The number of halogens is 2. The van der Waals surface area contributed by atoms with Crippen LogP contribution in [0.5, 0.6) is 5.75 Å². The van der Waals surface area contributed by atoms with Crippen LogP contribution in [0.3, 0.4) is 0 Å². The first kappa shape index (κ1) is 17.3. The molecule has 0 aromatic heterocycles. The number of ether oxygens (including phenoxy) is 1. The highest BCUT2D eigenvalue weighted by Crippen LogP contribution is 2.16. The van der Waals surface area contributed by atoms with E-state index in [1.165, 1.54) is 23.8 Å². The van der Waals surface area contributed by atoms with Gasteiger partial charge in [0, 0.05) is 23.6 Å². The van der Waals surface area contributed by atoms with Crippen molar-refractivity contribution in [2.24, 2.45) is 0 Å². The smallest absolute Gasteiger partial charge is 0.387 e. The maximum atomic E-state index is 12.2. The Bertz CT molecular complexity index is 623. The van der Waals surface area contributed by atoms with Crippen LogP contribution in [-0.4, -0.2) is 24.8 Å². The predicted molar refractivity (Wildman–Crippen MR) is 88.0 cm³/mol. The van der Waals surface area contributed by atoms with Crippen molar-refractivity contribution in [2.75, 3.05) is 12.3 Å². The van der Waals surface area contributed by atoms with Gasteiger partial charge in [-0.25, -0.2) is 0 Å². The zero-order chi connectivity index (χ0) is 16.5. The first-order valence-corrected chi connectivity index (χ1v) is 8.25. The molecule has 0 saturated carbocycles. The van der Waals surface area contributed by atoms with E-state index in [-0.39, 0.29) is 11.7 Å². The number of alkyl halides is 2. The van der Waals surface area contributed by atoms with E-state index in [1.54, 1.807) is 17.8 Å². The van der Waals surface area contributed by atoms with Gasteiger partial charge in [-0.3, -0.25) is 4.79 Å². The number of hydrogen-bond donors (Lipinski definition) is 1. The molecule has 6 heteroatoms. The minimum absolute atomic E-state index is 0.0221. The third-order valence-corrected chi connectivity index (χ3v) is 4.00. The summed E-state index contributed by atoms with van der Waals surface area (Å²) < 4.78 is 28.6. The van der Waals surface area contributed by atoms with Crippen molar-refractivity contribution in [1.29, 1.82) is 0 Å². The van der Waals surface area contributed by atoms with Crippen molar-refractivity contribution in [3.05, 3.63) is 65.7 Å². The van der Waals surface area contributed by atoms with E-state index in [9.17, 15) is 13.6 Å². The van der Waals surface area contributed by atoms with Crippen LogP contribution >= 0.6 is 11.8 Å². The molecule has 122 valence electrons. The predicted octanol–water partition coefficient (Wildman–Crippen LogP) is 3.95. The summed E-state index contributed by atoms with van der Waals surface area (Å²) in [4.78, 5) is 12.0. The standard InChI is InChI=1S/C17H17F2NO2S/c18-17(19)22-15-8-4-7-14(11-15)16(21)20-9-10-23-12-13-5-2-1-3-6-13/h1-8,11,17H,9-10,12H2,(H,20,21). The normalized spacial score (nSPS) is 10.6. The van der Waals surface area contributed by atoms with Crippen LogP contribution in [0.25, 0.3) is 0 Å². The van der Waals surface area contributed by atoms with Gasteiger partial charge in [0.25, 0.3) is 5.91 Å². The Balaban J connectivity index is 1.72. The highest BCUT2D eigenvalue weighted by Gasteiger charge is 2.09. The quantitative estimate of drug-likeness (QED) is 0.741. The fourth-order valence-electron chi connectivity index (χ4n) is 1.92. The van der Waals surface area contributed by atoms with Crippen molar-refractivity contribution in [1.82, 2.24) is 5.32 Å². The molecule has 0 spiro atoms. The summed E-state index contributed by atoms with van der Waals surface area (Å²) in [5.74, 6) is 1.33. The largest absolute Gasteiger partial charge is 0.435 e. The summed E-state index contributed by atoms with van der Waals surface area (Å²) in [7, 11) is 0. The Morgan fingerprint density at radius 1 is 1.13 bits per heavy atom. The molecule has 0 atom stereocenters. The summed E-state index contributed by atoms with van der Waals surface area (Å²) in [6.07, 6.45) is 0. The Hall–Kier alpha value is -2.08. The lowest BCUT2D eigenvalue weighted by Gasteiger charge is -2.08. The molecule has 0 unspecified atom stereocenters. The van der Waals surface area contributed by atoms with E-state index in [2.05, 4.69) is 22.2 Å². The number of thioether (sulfide) groups is 1. The van der Waals surface area contributed by atoms with Crippen molar-refractivity contribution in [2.45, 2.75) is 12.4 Å². The van der Waals surface area contributed by atoms with Crippen LogP contribution in [0, 0.1) is 0 Å². The van der Waals surface area contributed by atoms with Crippen LogP contribution in [0.1, 0.15) is 15.9 Å². The first-order chi connectivity index (χ1) is 11.1. The van der Waals surface area contributed by atoms with Crippen LogP contribution in [0.2, 0.25) is 0 Å². The molecule has 0 heterocycles. The Morgan fingerprint density at radius 3 is 2.65 bits per heavy atom. The zero-order valence-corrected chi connectivity index (χ0v) is 13.2. The number of rotatable bonds is 8. The molecular formula is C17H17F2NO2S. The molecule has 0 aliphatic carbocycles. The molecule has 0 radical (unpaired) electrons. The lowest BCUT2D eigenvalue weighted by atomic mass is 10.2. The van der Waals surface area contributed by atoms with Crippen molar-refractivity contribution in [3.63, 3.8) is 0 Å². The number of carbonyl (C=O) groups excluding carboxylic acids is 1. The van der Waals surface area contributed by atoms with Gasteiger partial charge >= 0.3 is 6.61 Å². The van der Waals surface area contributed by atoms with Gasteiger partial charge in [0.1, 0.15) is 5.75 Å². The molecule has 0 aliphatic heterocycles. The second-order valence-corrected chi connectivity index (χ2v) is 5.81. The third-order valence-electron chi connectivity index (χ3n) is 2.96. The lowest BCUT2D eigenvalue weighted by Crippen LogP contribution is -2.25. The van der Waals surface area contributed by atoms with Crippen molar-refractivity contribution < 1.29 is 18.3 Å². The van der Waals surface area contributed by atoms with Gasteiger partial charge in [-0.2, -0.15) is 20.5 Å². The van der Waals surface area contributed by atoms with Crippen molar-refractivity contribution in [3.8, 4) is 5.75 Å². The highest BCUT2D eigenvalue weighted by atomic mass is 32.2. The van der Waals surface area contributed by atoms with Gasteiger partial charge in [0.05, 0.1) is 0 Å². The van der Waals surface area contributed by atoms with Crippen LogP contribution in [-0.2, 0) is 5.75 Å². The molecule has 2 rings (SSSR count). The zero-order valence-electron chi connectivity index (χ0n) is 12.4. The summed E-state index contributed by atoms with van der Waals surface area (Å²) in [6, 6.07) is 15.8. The topological polar surface area (TPSA) is 38.3 Å². The van der Waals surface area contributed by atoms with Gasteiger partial charge in [-0.1, -0.05) is 36.4 Å². The van der Waals surface area contributed by atoms with Gasteiger partial charge in [-0.15, -0.1) is 0 Å². The maximum absolute atomic E-state index is 12.2. The SMILES string of the molecule is O=C(NCCSCc1ccccc1)c1cccc(OC(F)F)c1. The minimum Gasteiger partial charge on any atom is -0.435 e. The average molecular weight is 337 g/mol. The molecular weight excluding hydrogens is 320 g/mol. The maximum Gasteiger partial charge on any atom is 0.387 e. The number of benzene rings is 2. The number of amides is 1. The summed E-state index contributed by atoms with van der Waals surface area (Å²) in [5, 5.41) is 2.76. The molecule has 1 amide bonds. The molecule has 2 aromatic carbocycles. The highest BCUT2D eigenvalue weighted by molar-refractivity contribution is 7.98. The molecule has 0 aliphatic rings. The molecule has 1 N–H and O–H groups in total. The van der Waals surface area contributed by atoms with E-state index >= 15 is 0 Å². The minimum atomic E-state index is -2.90. The fourth-order valence-corrected chi connectivity index (χ4v) is 2.74. The first-order valence-electron chi connectivity index (χ1n) is 7.10. The molecule has 0 bridgehead atoms. The van der Waals surface area contributed by atoms with Crippen molar-refractivity contribution >= 4 is 17.7 Å². The lowest BCUT2D eigenvalue weighted by molar-refractivity contribution is -0.0498. The molecule has 23 heavy (non-hydrogen) atoms. The second kappa shape index (κ2) is 9.15. The molecule has 0 saturated heterocycles. The molecule has 3 nitrogen and oxygen atoms in total. The van der Waals surface area contributed by atoms with Gasteiger partial charge < -0.3 is 10.1 Å². The molecule has 0 fully saturated rings. The Kier molecular flexibility index (Phi) is 6.87. The second-order valence-electron chi connectivity index (χ2n) is 4.70. The Morgan fingerprint density at radius 2 is 1.91 bits per heavy atom. The van der Waals surface area contributed by atoms with Crippen LogP contribution in [0.4, 0.5) is 8.78 Å². The monoisotopic (exact) mass is 337 g/mol. The summed E-state index contributed by atoms with van der Waals surface area (Å²) >= 11 is 1.72. The Labute approximate surface area is 138 Å². The fraction of sp³-hybridized carbons (Fsp3) is 0.235. The van der Waals surface area contributed by atoms with E-state index < -0.39 is 6.61 Å². The summed E-state index contributed by atoms with van der Waals surface area (Å²) in [5.41, 5.74) is 1.54. The van der Waals surface area contributed by atoms with E-state index in [0.29, 0.717) is 12.1 Å². The third kappa shape index (κ3) is 6.28. The van der Waals surface area contributed by atoms with Gasteiger partial charge in [0.15, 0.2) is 0 Å². The molecule has 2 aromatic rings. The number of hydrogen-bond acceptors (Lipinski definition) is 3. The van der Waals surface area contributed by atoms with Crippen LogP contribution in [0.15, 0.2) is 54.6 Å². The van der Waals surface area contributed by atoms with E-state index in [0.717, 1.165) is 11.5 Å². The van der Waals surface area contributed by atoms with E-state index in [4.69, 9.17) is 0 Å². The van der Waals surface area contributed by atoms with Crippen LogP contribution < -0.4 is 10.1 Å². The van der Waals surface area contributed by atoms with Gasteiger partial charge in [-0.05, 0) is 23.8 Å².